The maximum absolute atomic E-state index is 11.7. The molecular formula is C11H20O3. The predicted octanol–water partition coefficient (Wildman–Crippen LogP) is 1.88. The molecular weight excluding hydrogens is 180 g/mol. The lowest BCUT2D eigenvalue weighted by Crippen LogP contribution is -2.39. The summed E-state index contributed by atoms with van der Waals surface area (Å²) in [5.41, 5.74) is -0.592. The Morgan fingerprint density at radius 2 is 2.36 bits per heavy atom. The highest BCUT2D eigenvalue weighted by Crippen LogP contribution is 2.43. The van der Waals surface area contributed by atoms with Gasteiger partial charge in [0.05, 0.1) is 18.6 Å². The first-order valence-corrected chi connectivity index (χ1v) is 5.44. The second-order valence-electron chi connectivity index (χ2n) is 4.16. The molecule has 0 aromatic carbocycles. The van der Waals surface area contributed by atoms with Crippen LogP contribution < -0.4 is 0 Å². The van der Waals surface area contributed by atoms with Gasteiger partial charge in [0, 0.05) is 0 Å². The lowest BCUT2D eigenvalue weighted by atomic mass is 9.79. The molecule has 2 atom stereocenters. The maximum atomic E-state index is 11.7. The number of aliphatic hydroxyl groups excluding tert-OH is 1. The van der Waals surface area contributed by atoms with Crippen LogP contribution in [0.15, 0.2) is 0 Å². The number of hydrogen-bond acceptors (Lipinski definition) is 3. The van der Waals surface area contributed by atoms with Crippen molar-refractivity contribution in [3.8, 4) is 0 Å². The molecule has 1 N–H and O–H groups in total. The smallest absolute Gasteiger partial charge is 0.314 e. The number of hydrogen-bond donors (Lipinski definition) is 1. The average molecular weight is 200 g/mol. The van der Waals surface area contributed by atoms with E-state index in [1.165, 1.54) is 7.11 Å². The Kier molecular flexibility index (Phi) is 3.93. The van der Waals surface area contributed by atoms with Crippen LogP contribution in [0.2, 0.25) is 0 Å². The maximum Gasteiger partial charge on any atom is 0.314 e. The van der Waals surface area contributed by atoms with Crippen LogP contribution in [0, 0.1) is 5.41 Å². The lowest BCUT2D eigenvalue weighted by molar-refractivity contribution is -0.159. The number of ether oxygens (including phenoxy) is 1. The van der Waals surface area contributed by atoms with E-state index >= 15 is 0 Å². The molecule has 14 heavy (non-hydrogen) atoms. The molecule has 0 aromatic heterocycles. The van der Waals surface area contributed by atoms with E-state index in [-0.39, 0.29) is 5.97 Å². The van der Waals surface area contributed by atoms with Crippen molar-refractivity contribution in [1.82, 2.24) is 0 Å². The molecule has 0 saturated heterocycles. The molecule has 0 aliphatic heterocycles. The van der Waals surface area contributed by atoms with Gasteiger partial charge in [-0.05, 0) is 25.7 Å². The van der Waals surface area contributed by atoms with Gasteiger partial charge < -0.3 is 9.84 Å². The van der Waals surface area contributed by atoms with E-state index in [9.17, 15) is 9.90 Å². The van der Waals surface area contributed by atoms with E-state index in [4.69, 9.17) is 4.74 Å². The first-order chi connectivity index (χ1) is 6.67. The highest BCUT2D eigenvalue weighted by molar-refractivity contribution is 5.77. The highest BCUT2D eigenvalue weighted by atomic mass is 16.5. The van der Waals surface area contributed by atoms with Gasteiger partial charge in [-0.25, -0.2) is 0 Å². The number of carbonyl (C=O) groups is 1. The molecule has 82 valence electrons. The predicted molar refractivity (Wildman–Crippen MR) is 53.8 cm³/mol. The topological polar surface area (TPSA) is 46.5 Å². The van der Waals surface area contributed by atoms with Gasteiger partial charge in [0.2, 0.25) is 0 Å². The standard InChI is InChI=1S/C11H20O3/c1-3-4-7-11(10(13)14-2)8-5-6-9(11)12/h9,12H,3-8H2,1-2H3/t9-,11-/m0/s1. The minimum atomic E-state index is -0.592. The summed E-state index contributed by atoms with van der Waals surface area (Å²) in [6, 6.07) is 0. The van der Waals surface area contributed by atoms with Crippen molar-refractivity contribution in [2.24, 2.45) is 5.41 Å². The van der Waals surface area contributed by atoms with E-state index < -0.39 is 11.5 Å². The van der Waals surface area contributed by atoms with Gasteiger partial charge in [-0.2, -0.15) is 0 Å². The third-order valence-corrected chi connectivity index (χ3v) is 3.31. The summed E-state index contributed by atoms with van der Waals surface area (Å²) in [4.78, 5) is 11.7. The minimum absolute atomic E-state index is 0.226. The van der Waals surface area contributed by atoms with Gasteiger partial charge in [-0.15, -0.1) is 0 Å². The molecule has 1 rings (SSSR count). The summed E-state index contributed by atoms with van der Waals surface area (Å²) in [5, 5.41) is 9.87. The summed E-state index contributed by atoms with van der Waals surface area (Å²) in [7, 11) is 1.40. The van der Waals surface area contributed by atoms with Crippen molar-refractivity contribution in [1.29, 1.82) is 0 Å². The fourth-order valence-electron chi connectivity index (χ4n) is 2.38. The molecule has 0 heterocycles. The van der Waals surface area contributed by atoms with E-state index in [0.29, 0.717) is 0 Å². The second kappa shape index (κ2) is 4.78. The number of unbranched alkanes of at least 4 members (excludes halogenated alkanes) is 1. The van der Waals surface area contributed by atoms with Crippen LogP contribution in [0.5, 0.6) is 0 Å². The molecule has 3 heteroatoms. The summed E-state index contributed by atoms with van der Waals surface area (Å²) >= 11 is 0. The molecule has 1 saturated carbocycles. The van der Waals surface area contributed by atoms with E-state index in [0.717, 1.165) is 38.5 Å². The van der Waals surface area contributed by atoms with Gasteiger partial charge in [-0.1, -0.05) is 19.8 Å². The lowest BCUT2D eigenvalue weighted by Gasteiger charge is -2.29. The van der Waals surface area contributed by atoms with Crippen LogP contribution >= 0.6 is 0 Å². The van der Waals surface area contributed by atoms with Crippen molar-refractivity contribution < 1.29 is 14.6 Å². The van der Waals surface area contributed by atoms with Gasteiger partial charge in [0.15, 0.2) is 0 Å². The Bertz CT molecular complexity index is 203. The third kappa shape index (κ3) is 1.92. The molecule has 1 aliphatic rings. The van der Waals surface area contributed by atoms with Gasteiger partial charge in [-0.3, -0.25) is 4.79 Å². The quantitative estimate of drug-likeness (QED) is 0.705. The average Bonchev–Trinajstić information content (AvgIpc) is 2.57. The Balaban J connectivity index is 2.73. The van der Waals surface area contributed by atoms with Crippen molar-refractivity contribution >= 4 is 5.97 Å². The zero-order valence-electron chi connectivity index (χ0n) is 9.08. The SMILES string of the molecule is CCCC[C@]1(C(=O)OC)CCC[C@@H]1O. The Morgan fingerprint density at radius 1 is 1.64 bits per heavy atom. The Morgan fingerprint density at radius 3 is 2.79 bits per heavy atom. The molecule has 0 unspecified atom stereocenters. The second-order valence-corrected chi connectivity index (χ2v) is 4.16. The fraction of sp³-hybridized carbons (Fsp3) is 0.909. The van der Waals surface area contributed by atoms with Gasteiger partial charge >= 0.3 is 5.97 Å². The van der Waals surface area contributed by atoms with Crippen LogP contribution in [0.1, 0.15) is 45.4 Å². The highest BCUT2D eigenvalue weighted by Gasteiger charge is 2.48. The third-order valence-electron chi connectivity index (χ3n) is 3.31. The number of esters is 1. The first kappa shape index (κ1) is 11.5. The van der Waals surface area contributed by atoms with Crippen LogP contribution in [0.25, 0.3) is 0 Å². The number of rotatable bonds is 4. The number of carbonyl (C=O) groups excluding carboxylic acids is 1. The summed E-state index contributed by atoms with van der Waals surface area (Å²) < 4.78 is 4.81. The van der Waals surface area contributed by atoms with Crippen molar-refractivity contribution in [3.63, 3.8) is 0 Å². The van der Waals surface area contributed by atoms with Crippen LogP contribution in [-0.2, 0) is 9.53 Å². The molecule has 0 aromatic rings. The molecule has 0 bridgehead atoms. The molecule has 0 spiro atoms. The minimum Gasteiger partial charge on any atom is -0.469 e. The van der Waals surface area contributed by atoms with Gasteiger partial charge in [0.1, 0.15) is 0 Å². The van der Waals surface area contributed by atoms with Crippen LogP contribution in [0.4, 0.5) is 0 Å². The van der Waals surface area contributed by atoms with Crippen molar-refractivity contribution in [3.05, 3.63) is 0 Å². The Hall–Kier alpha value is -0.570. The molecule has 0 radical (unpaired) electrons. The van der Waals surface area contributed by atoms with Crippen molar-refractivity contribution in [2.45, 2.75) is 51.6 Å². The van der Waals surface area contributed by atoms with E-state index in [1.807, 2.05) is 0 Å². The fourth-order valence-corrected chi connectivity index (χ4v) is 2.38. The van der Waals surface area contributed by atoms with Gasteiger partial charge in [0.25, 0.3) is 0 Å². The molecule has 3 nitrogen and oxygen atoms in total. The molecule has 0 amide bonds. The Labute approximate surface area is 85.5 Å². The first-order valence-electron chi connectivity index (χ1n) is 5.44. The zero-order valence-corrected chi connectivity index (χ0v) is 9.08. The largest absolute Gasteiger partial charge is 0.469 e. The van der Waals surface area contributed by atoms with Crippen LogP contribution in [-0.4, -0.2) is 24.3 Å². The number of methoxy groups -OCH3 is 1. The summed E-state index contributed by atoms with van der Waals surface area (Å²) in [6.45, 7) is 2.09. The summed E-state index contributed by atoms with van der Waals surface area (Å²) in [5.74, 6) is -0.226. The van der Waals surface area contributed by atoms with E-state index in [1.54, 1.807) is 0 Å². The molecule has 1 aliphatic carbocycles. The number of aliphatic hydroxyl groups is 1. The monoisotopic (exact) mass is 200 g/mol. The zero-order chi connectivity index (χ0) is 10.6. The van der Waals surface area contributed by atoms with E-state index in [2.05, 4.69) is 6.92 Å². The molecule has 1 fully saturated rings. The van der Waals surface area contributed by atoms with Crippen molar-refractivity contribution in [2.75, 3.05) is 7.11 Å². The van der Waals surface area contributed by atoms with Crippen LogP contribution in [0.3, 0.4) is 0 Å². The summed E-state index contributed by atoms with van der Waals surface area (Å²) in [6.07, 6.45) is 4.73. The normalized spacial score (nSPS) is 31.8.